The van der Waals surface area contributed by atoms with Crippen LogP contribution in [0.4, 0.5) is 4.39 Å². The lowest BCUT2D eigenvalue weighted by Gasteiger charge is -2.35. The minimum atomic E-state index is -3.76. The molecule has 2 aromatic rings. The number of hydrogen-bond donors (Lipinski definition) is 0. The van der Waals surface area contributed by atoms with Crippen LogP contribution in [-0.2, 0) is 21.2 Å². The van der Waals surface area contributed by atoms with E-state index in [4.69, 9.17) is 0 Å². The third-order valence-electron chi connectivity index (χ3n) is 5.24. The molecular formula is C21H27FN4O3S. The maximum Gasteiger partial charge on any atom is 0.243 e. The number of rotatable bonds is 8. The molecule has 1 aliphatic heterocycles. The molecule has 0 aliphatic carbocycles. The van der Waals surface area contributed by atoms with Crippen molar-refractivity contribution in [3.8, 4) is 0 Å². The highest BCUT2D eigenvalue weighted by molar-refractivity contribution is 7.89. The van der Waals surface area contributed by atoms with Crippen LogP contribution in [0, 0.1) is 5.82 Å². The highest BCUT2D eigenvalue weighted by Gasteiger charge is 2.30. The molecule has 30 heavy (non-hydrogen) atoms. The Kier molecular flexibility index (Phi) is 7.52. The molecule has 1 fully saturated rings. The number of halogens is 1. The Labute approximate surface area is 177 Å². The summed E-state index contributed by atoms with van der Waals surface area (Å²) in [5.74, 6) is -0.601. The molecule has 3 rings (SSSR count). The second-order valence-corrected chi connectivity index (χ2v) is 9.12. The first-order chi connectivity index (χ1) is 14.4. The first-order valence-electron chi connectivity index (χ1n) is 10.1. The van der Waals surface area contributed by atoms with Crippen molar-refractivity contribution >= 4 is 15.9 Å². The number of likely N-dealkylation sites (N-methyl/N-ethyl adjacent to an activating group) is 1. The monoisotopic (exact) mass is 434 g/mol. The standard InChI is InChI=1S/C21H27FN4O3S/c1-2-24(11-9-19-7-3-4-10-23-19)17-21(27)25-12-14-26(15-13-25)30(28,29)20-8-5-6-18(22)16-20/h3-8,10,16H,2,9,11-15,17H2,1H3. The number of piperazine rings is 1. The summed E-state index contributed by atoms with van der Waals surface area (Å²) in [6, 6.07) is 10.8. The van der Waals surface area contributed by atoms with Crippen LogP contribution in [0.15, 0.2) is 53.6 Å². The van der Waals surface area contributed by atoms with Gasteiger partial charge in [-0.3, -0.25) is 14.7 Å². The highest BCUT2D eigenvalue weighted by Crippen LogP contribution is 2.18. The van der Waals surface area contributed by atoms with Crippen molar-refractivity contribution in [1.29, 1.82) is 0 Å². The summed E-state index contributed by atoms with van der Waals surface area (Å²) in [6.45, 7) is 4.82. The van der Waals surface area contributed by atoms with E-state index in [0.717, 1.165) is 31.3 Å². The van der Waals surface area contributed by atoms with Crippen molar-refractivity contribution < 1.29 is 17.6 Å². The number of carbonyl (C=O) groups excluding carboxylic acids is 1. The maximum absolute atomic E-state index is 13.4. The molecule has 1 amide bonds. The topological polar surface area (TPSA) is 73.8 Å². The van der Waals surface area contributed by atoms with Gasteiger partial charge in [0.05, 0.1) is 11.4 Å². The van der Waals surface area contributed by atoms with Gasteiger partial charge in [0.2, 0.25) is 15.9 Å². The number of benzene rings is 1. The Hall–Kier alpha value is -2.36. The van der Waals surface area contributed by atoms with Crippen LogP contribution in [0.1, 0.15) is 12.6 Å². The van der Waals surface area contributed by atoms with Crippen LogP contribution in [0.3, 0.4) is 0 Å². The third-order valence-corrected chi connectivity index (χ3v) is 7.14. The Morgan fingerprint density at radius 3 is 2.53 bits per heavy atom. The molecule has 0 unspecified atom stereocenters. The van der Waals surface area contributed by atoms with E-state index >= 15 is 0 Å². The van der Waals surface area contributed by atoms with Gasteiger partial charge in [-0.15, -0.1) is 0 Å². The van der Waals surface area contributed by atoms with Crippen molar-refractivity contribution in [1.82, 2.24) is 19.1 Å². The zero-order valence-electron chi connectivity index (χ0n) is 17.1. The van der Waals surface area contributed by atoms with Crippen LogP contribution < -0.4 is 0 Å². The third kappa shape index (κ3) is 5.62. The molecule has 0 spiro atoms. The molecule has 1 aromatic carbocycles. The molecule has 0 saturated carbocycles. The highest BCUT2D eigenvalue weighted by atomic mass is 32.2. The number of nitrogens with zero attached hydrogens (tertiary/aromatic N) is 4. The molecule has 9 heteroatoms. The fraction of sp³-hybridized carbons (Fsp3) is 0.429. The van der Waals surface area contributed by atoms with E-state index in [1.807, 2.05) is 25.1 Å². The summed E-state index contributed by atoms with van der Waals surface area (Å²) in [6.07, 6.45) is 2.52. The Bertz CT molecular complexity index is 948. The van der Waals surface area contributed by atoms with E-state index in [1.54, 1.807) is 11.1 Å². The summed E-state index contributed by atoms with van der Waals surface area (Å²) in [7, 11) is -3.76. The zero-order valence-corrected chi connectivity index (χ0v) is 17.9. The number of amides is 1. The molecule has 2 heterocycles. The first kappa shape index (κ1) is 22.3. The van der Waals surface area contributed by atoms with Crippen LogP contribution in [0.25, 0.3) is 0 Å². The van der Waals surface area contributed by atoms with Crippen molar-refractivity contribution in [3.63, 3.8) is 0 Å². The molecule has 1 aromatic heterocycles. The van der Waals surface area contributed by atoms with Crippen molar-refractivity contribution in [2.24, 2.45) is 0 Å². The Balaban J connectivity index is 1.52. The number of hydrogen-bond acceptors (Lipinski definition) is 5. The fourth-order valence-corrected chi connectivity index (χ4v) is 4.87. The average molecular weight is 435 g/mol. The van der Waals surface area contributed by atoms with E-state index in [-0.39, 0.29) is 23.9 Å². The predicted octanol–water partition coefficient (Wildman–Crippen LogP) is 1.62. The molecule has 162 valence electrons. The summed E-state index contributed by atoms with van der Waals surface area (Å²) in [5, 5.41) is 0. The van der Waals surface area contributed by atoms with Gasteiger partial charge in [-0.25, -0.2) is 12.8 Å². The summed E-state index contributed by atoms with van der Waals surface area (Å²) in [4.78, 5) is 20.7. The molecule has 0 bridgehead atoms. The van der Waals surface area contributed by atoms with E-state index < -0.39 is 15.8 Å². The SMILES string of the molecule is CCN(CCc1ccccn1)CC(=O)N1CCN(S(=O)(=O)c2cccc(F)c2)CC1. The lowest BCUT2D eigenvalue weighted by atomic mass is 10.2. The molecule has 0 radical (unpaired) electrons. The normalized spacial score (nSPS) is 15.5. The van der Waals surface area contributed by atoms with Crippen molar-refractivity contribution in [3.05, 3.63) is 60.2 Å². The lowest BCUT2D eigenvalue weighted by molar-refractivity contribution is -0.133. The number of aromatic nitrogens is 1. The molecule has 0 N–H and O–H groups in total. The van der Waals surface area contributed by atoms with Gasteiger partial charge in [-0.2, -0.15) is 4.31 Å². The van der Waals surface area contributed by atoms with Crippen molar-refractivity contribution in [2.75, 3.05) is 45.8 Å². The van der Waals surface area contributed by atoms with Crippen molar-refractivity contribution in [2.45, 2.75) is 18.2 Å². The molecule has 0 atom stereocenters. The Morgan fingerprint density at radius 1 is 1.13 bits per heavy atom. The van der Waals surface area contributed by atoms with Crippen LogP contribution in [0.5, 0.6) is 0 Å². The maximum atomic E-state index is 13.4. The van der Waals surface area contributed by atoms with Crippen LogP contribution >= 0.6 is 0 Å². The summed E-state index contributed by atoms with van der Waals surface area (Å²) in [5.41, 5.74) is 0.986. The van der Waals surface area contributed by atoms with Gasteiger partial charge < -0.3 is 4.90 Å². The summed E-state index contributed by atoms with van der Waals surface area (Å²) < 4.78 is 40.1. The van der Waals surface area contributed by atoms with Gasteiger partial charge in [0.25, 0.3) is 0 Å². The minimum Gasteiger partial charge on any atom is -0.339 e. The number of pyridine rings is 1. The molecule has 1 aliphatic rings. The predicted molar refractivity (Wildman–Crippen MR) is 112 cm³/mol. The smallest absolute Gasteiger partial charge is 0.243 e. The van der Waals surface area contributed by atoms with Gasteiger partial charge in [0.1, 0.15) is 5.82 Å². The second-order valence-electron chi connectivity index (χ2n) is 7.18. The average Bonchev–Trinajstić information content (AvgIpc) is 2.77. The van der Waals surface area contributed by atoms with E-state index in [1.165, 1.54) is 22.5 Å². The van der Waals surface area contributed by atoms with Gasteiger partial charge in [0.15, 0.2) is 0 Å². The first-order valence-corrected chi connectivity index (χ1v) is 11.5. The molecular weight excluding hydrogens is 407 g/mol. The summed E-state index contributed by atoms with van der Waals surface area (Å²) >= 11 is 0. The zero-order chi connectivity index (χ0) is 21.6. The van der Waals surface area contributed by atoms with E-state index in [9.17, 15) is 17.6 Å². The van der Waals surface area contributed by atoms with E-state index in [2.05, 4.69) is 9.88 Å². The largest absolute Gasteiger partial charge is 0.339 e. The Morgan fingerprint density at radius 2 is 1.90 bits per heavy atom. The van der Waals surface area contributed by atoms with Crippen LogP contribution in [-0.4, -0.2) is 79.2 Å². The lowest BCUT2D eigenvalue weighted by Crippen LogP contribution is -2.52. The number of sulfonamides is 1. The van der Waals surface area contributed by atoms with Crippen LogP contribution in [0.2, 0.25) is 0 Å². The quantitative estimate of drug-likeness (QED) is 0.631. The van der Waals surface area contributed by atoms with E-state index in [0.29, 0.717) is 19.6 Å². The van der Waals surface area contributed by atoms with Gasteiger partial charge in [-0.1, -0.05) is 19.1 Å². The molecule has 1 saturated heterocycles. The molecule has 7 nitrogen and oxygen atoms in total. The number of carbonyl (C=O) groups is 1. The van der Waals surface area contributed by atoms with Gasteiger partial charge in [-0.05, 0) is 36.9 Å². The van der Waals surface area contributed by atoms with Gasteiger partial charge in [0, 0.05) is 51.0 Å². The minimum absolute atomic E-state index is 0.0133. The van der Waals surface area contributed by atoms with Gasteiger partial charge >= 0.3 is 0 Å². The fourth-order valence-electron chi connectivity index (χ4n) is 3.41. The second kappa shape index (κ2) is 10.1.